The number of amides is 1. The van der Waals surface area contributed by atoms with Gasteiger partial charge in [-0.2, -0.15) is 0 Å². The highest BCUT2D eigenvalue weighted by molar-refractivity contribution is 6.16. The van der Waals surface area contributed by atoms with Crippen LogP contribution in [0.25, 0.3) is 22.2 Å². The molecule has 2 aromatic carbocycles. The van der Waals surface area contributed by atoms with E-state index in [1.54, 1.807) is 19.1 Å². The molecule has 0 fully saturated rings. The highest BCUT2D eigenvalue weighted by Crippen LogP contribution is 2.43. The maximum Gasteiger partial charge on any atom is 0.338 e. The first kappa shape index (κ1) is 28.7. The minimum atomic E-state index is -0.694. The van der Waals surface area contributed by atoms with Crippen LogP contribution in [-0.2, 0) is 18.8 Å². The van der Waals surface area contributed by atoms with Crippen molar-refractivity contribution in [3.8, 4) is 28.4 Å². The van der Waals surface area contributed by atoms with Gasteiger partial charge in [-0.25, -0.2) is 14.6 Å². The lowest BCUT2D eigenvalue weighted by Gasteiger charge is -2.19. The molecule has 0 bridgehead atoms. The van der Waals surface area contributed by atoms with E-state index >= 15 is 0 Å². The normalized spacial score (nSPS) is 10.8. The van der Waals surface area contributed by atoms with Gasteiger partial charge in [-0.1, -0.05) is 0 Å². The van der Waals surface area contributed by atoms with Gasteiger partial charge in [0.2, 0.25) is 5.75 Å². The average Bonchev–Trinajstić information content (AvgIpc) is 2.97. The molecular weight excluding hydrogens is 534 g/mol. The quantitative estimate of drug-likeness (QED) is 0.304. The molecule has 41 heavy (non-hydrogen) atoms. The van der Waals surface area contributed by atoms with Crippen molar-refractivity contribution in [3.63, 3.8) is 0 Å². The maximum absolute atomic E-state index is 13.8. The molecular formula is C28H29N5O8. The Hall–Kier alpha value is -5.33. The van der Waals surface area contributed by atoms with Gasteiger partial charge in [0.05, 0.1) is 44.4 Å². The third-order valence-corrected chi connectivity index (χ3v) is 6.45. The number of methoxy groups -OCH3 is 3. The van der Waals surface area contributed by atoms with Crippen molar-refractivity contribution in [1.82, 2.24) is 14.1 Å². The summed E-state index contributed by atoms with van der Waals surface area (Å²) in [4.78, 5) is 56.3. The smallest absolute Gasteiger partial charge is 0.338 e. The van der Waals surface area contributed by atoms with Gasteiger partial charge in [-0.15, -0.1) is 0 Å². The standard InChI is InChI=1S/C28H29N5O8/c1-7-41-27(36)14-8-10-16(11-9-14)30-25(34)20-19(15-12-17(38-4)22(40-6)18(13-15)39-5)21-24(31-23(20)29)32(2)28(37)33(3)26(21)35/h8-13H,7H2,1-6H3,(H2,29,31)(H,30,34). The Morgan fingerprint density at radius 1 is 0.951 bits per heavy atom. The van der Waals surface area contributed by atoms with Crippen molar-refractivity contribution in [3.05, 3.63) is 68.4 Å². The van der Waals surface area contributed by atoms with Crippen LogP contribution in [0.15, 0.2) is 46.0 Å². The van der Waals surface area contributed by atoms with Crippen molar-refractivity contribution in [1.29, 1.82) is 0 Å². The number of pyridine rings is 1. The second-order valence-corrected chi connectivity index (χ2v) is 8.82. The van der Waals surface area contributed by atoms with E-state index in [4.69, 9.17) is 24.7 Å². The van der Waals surface area contributed by atoms with Crippen LogP contribution in [0.5, 0.6) is 17.2 Å². The summed E-state index contributed by atoms with van der Waals surface area (Å²) in [5.41, 5.74) is 5.94. The van der Waals surface area contributed by atoms with Gasteiger partial charge in [0.25, 0.3) is 11.5 Å². The first-order valence-corrected chi connectivity index (χ1v) is 12.4. The number of ether oxygens (including phenoxy) is 4. The van der Waals surface area contributed by atoms with Crippen molar-refractivity contribution >= 4 is 34.4 Å². The van der Waals surface area contributed by atoms with Crippen molar-refractivity contribution in [2.75, 3.05) is 39.0 Å². The molecule has 214 valence electrons. The number of nitrogens with zero attached hydrogens (tertiary/aromatic N) is 3. The van der Waals surface area contributed by atoms with E-state index in [1.165, 1.54) is 64.3 Å². The number of benzene rings is 2. The van der Waals surface area contributed by atoms with Crippen molar-refractivity contribution in [2.45, 2.75) is 6.92 Å². The molecule has 0 radical (unpaired) electrons. The topological polar surface area (TPSA) is 166 Å². The van der Waals surface area contributed by atoms with Gasteiger partial charge >= 0.3 is 11.7 Å². The van der Waals surface area contributed by atoms with Crippen LogP contribution in [0.2, 0.25) is 0 Å². The van der Waals surface area contributed by atoms with Crippen molar-refractivity contribution in [2.24, 2.45) is 14.1 Å². The summed E-state index contributed by atoms with van der Waals surface area (Å²) in [6.45, 7) is 1.92. The third-order valence-electron chi connectivity index (χ3n) is 6.45. The molecule has 13 nitrogen and oxygen atoms in total. The van der Waals surface area contributed by atoms with Crippen LogP contribution in [0.4, 0.5) is 11.5 Å². The number of rotatable bonds is 8. The zero-order chi connectivity index (χ0) is 30.0. The highest BCUT2D eigenvalue weighted by Gasteiger charge is 2.27. The molecule has 4 aromatic rings. The van der Waals surface area contributed by atoms with E-state index in [-0.39, 0.29) is 51.8 Å². The predicted molar refractivity (Wildman–Crippen MR) is 152 cm³/mol. The molecule has 0 saturated carbocycles. The lowest BCUT2D eigenvalue weighted by atomic mass is 9.95. The minimum Gasteiger partial charge on any atom is -0.493 e. The van der Waals surface area contributed by atoms with Crippen molar-refractivity contribution < 1.29 is 28.5 Å². The summed E-state index contributed by atoms with van der Waals surface area (Å²) in [6.07, 6.45) is 0. The van der Waals surface area contributed by atoms with Crippen LogP contribution in [0.1, 0.15) is 27.6 Å². The fourth-order valence-corrected chi connectivity index (χ4v) is 4.45. The molecule has 0 unspecified atom stereocenters. The highest BCUT2D eigenvalue weighted by atomic mass is 16.5. The van der Waals surface area contributed by atoms with Gasteiger partial charge in [-0.3, -0.25) is 18.7 Å². The Bertz CT molecular complexity index is 1770. The molecule has 0 atom stereocenters. The van der Waals surface area contributed by atoms with E-state index in [0.29, 0.717) is 16.8 Å². The van der Waals surface area contributed by atoms with Crippen LogP contribution >= 0.6 is 0 Å². The molecule has 0 aliphatic carbocycles. The maximum atomic E-state index is 13.8. The number of nitrogen functional groups attached to an aromatic ring is 1. The molecule has 0 saturated heterocycles. The molecule has 2 heterocycles. The lowest BCUT2D eigenvalue weighted by Crippen LogP contribution is -2.38. The third kappa shape index (κ3) is 5.04. The van der Waals surface area contributed by atoms with E-state index in [1.807, 2.05) is 0 Å². The molecule has 2 aromatic heterocycles. The van der Waals surface area contributed by atoms with Gasteiger partial charge in [0.1, 0.15) is 5.82 Å². The molecule has 13 heteroatoms. The molecule has 3 N–H and O–H groups in total. The average molecular weight is 564 g/mol. The number of carbonyl (C=O) groups is 2. The van der Waals surface area contributed by atoms with E-state index < -0.39 is 23.1 Å². The summed E-state index contributed by atoms with van der Waals surface area (Å²) in [5.74, 6) is -0.621. The number of aryl methyl sites for hydroxylation is 1. The largest absolute Gasteiger partial charge is 0.493 e. The second kappa shape index (κ2) is 11.4. The van der Waals surface area contributed by atoms with Gasteiger partial charge in [0.15, 0.2) is 17.1 Å². The summed E-state index contributed by atoms with van der Waals surface area (Å²) < 4.78 is 23.5. The predicted octanol–water partition coefficient (Wildman–Crippen LogP) is 2.34. The van der Waals surface area contributed by atoms with Gasteiger partial charge in [0, 0.05) is 25.3 Å². The number of hydrogen-bond donors (Lipinski definition) is 2. The zero-order valence-corrected chi connectivity index (χ0v) is 23.4. The summed E-state index contributed by atoms with van der Waals surface area (Å²) in [7, 11) is 7.06. The molecule has 1 amide bonds. The number of nitrogens with one attached hydrogen (secondary N) is 1. The Balaban J connectivity index is 2.01. The van der Waals surface area contributed by atoms with E-state index in [9.17, 15) is 19.2 Å². The monoisotopic (exact) mass is 563 g/mol. The number of esters is 1. The number of fused-ring (bicyclic) bond motifs is 1. The second-order valence-electron chi connectivity index (χ2n) is 8.82. The van der Waals surface area contributed by atoms with Crippen LogP contribution in [-0.4, -0.2) is 53.9 Å². The van der Waals surface area contributed by atoms with Gasteiger partial charge < -0.3 is 30.0 Å². The van der Waals surface area contributed by atoms with Crippen LogP contribution in [0.3, 0.4) is 0 Å². The SMILES string of the molecule is CCOC(=O)c1ccc(NC(=O)c2c(N)nc3c(c2-c2cc(OC)c(OC)c(OC)c2)c(=O)n(C)c(=O)n3C)cc1. The first-order chi connectivity index (χ1) is 19.6. The Morgan fingerprint density at radius 2 is 1.56 bits per heavy atom. The number of carbonyl (C=O) groups excluding carboxylic acids is 2. The van der Waals surface area contributed by atoms with Crippen LogP contribution in [0, 0.1) is 0 Å². The molecule has 0 spiro atoms. The minimum absolute atomic E-state index is 0.0188. The summed E-state index contributed by atoms with van der Waals surface area (Å²) >= 11 is 0. The number of aromatic nitrogens is 3. The zero-order valence-electron chi connectivity index (χ0n) is 23.4. The van der Waals surface area contributed by atoms with Gasteiger partial charge in [-0.05, 0) is 48.9 Å². The fourth-order valence-electron chi connectivity index (χ4n) is 4.45. The van der Waals surface area contributed by atoms with E-state index in [0.717, 1.165) is 4.57 Å². The molecule has 0 aliphatic rings. The fraction of sp³-hybridized carbons (Fsp3) is 0.250. The number of anilines is 2. The molecule has 4 rings (SSSR count). The van der Waals surface area contributed by atoms with Crippen LogP contribution < -0.4 is 36.5 Å². The number of hydrogen-bond acceptors (Lipinski definition) is 10. The first-order valence-electron chi connectivity index (χ1n) is 12.4. The Morgan fingerprint density at radius 3 is 2.10 bits per heavy atom. The van der Waals surface area contributed by atoms with E-state index in [2.05, 4.69) is 10.3 Å². The summed E-state index contributed by atoms with van der Waals surface area (Å²) in [5, 5.41) is 2.71. The lowest BCUT2D eigenvalue weighted by molar-refractivity contribution is 0.0526. The molecule has 0 aliphatic heterocycles. The Kier molecular flexibility index (Phi) is 7.99. The Labute approximate surface area is 234 Å². The number of nitrogens with two attached hydrogens (primary N) is 1. The summed E-state index contributed by atoms with van der Waals surface area (Å²) in [6, 6.07) is 9.17.